The zero-order valence-electron chi connectivity index (χ0n) is 10.8. The second-order valence-corrected chi connectivity index (χ2v) is 4.20. The molecule has 0 amide bonds. The molecule has 110 valence electrons. The van der Waals surface area contributed by atoms with E-state index in [1.165, 1.54) is 18.2 Å². The standard InChI is InChI=1S/C14H11F2NO4/c15-12-2-1-3-13(16)11(12)8-21-14-5-4-10(17(19)20)6-9(14)7-18/h1-6,18H,7-8H2. The minimum Gasteiger partial charge on any atom is -0.488 e. The number of nitro benzene ring substituents is 1. The molecular weight excluding hydrogens is 284 g/mol. The summed E-state index contributed by atoms with van der Waals surface area (Å²) in [4.78, 5) is 10.0. The number of rotatable bonds is 5. The SMILES string of the molecule is O=[N+]([O-])c1ccc(OCc2c(F)cccc2F)c(CO)c1. The van der Waals surface area contributed by atoms with Crippen molar-refractivity contribution in [2.75, 3.05) is 0 Å². The number of benzene rings is 2. The number of nitro groups is 1. The van der Waals surface area contributed by atoms with Crippen LogP contribution in [0.3, 0.4) is 0 Å². The van der Waals surface area contributed by atoms with Crippen molar-refractivity contribution in [1.82, 2.24) is 0 Å². The molecule has 0 aliphatic carbocycles. The molecule has 2 rings (SSSR count). The highest BCUT2D eigenvalue weighted by Gasteiger charge is 2.13. The van der Waals surface area contributed by atoms with Gasteiger partial charge in [-0.15, -0.1) is 0 Å². The van der Waals surface area contributed by atoms with Crippen LogP contribution in [0, 0.1) is 21.7 Å². The minimum atomic E-state index is -0.748. The van der Waals surface area contributed by atoms with Crippen molar-refractivity contribution in [3.8, 4) is 5.75 Å². The smallest absolute Gasteiger partial charge is 0.270 e. The molecule has 7 heteroatoms. The van der Waals surface area contributed by atoms with Gasteiger partial charge < -0.3 is 9.84 Å². The van der Waals surface area contributed by atoms with Crippen molar-refractivity contribution in [3.63, 3.8) is 0 Å². The van der Waals surface area contributed by atoms with Crippen molar-refractivity contribution in [3.05, 3.63) is 69.3 Å². The van der Waals surface area contributed by atoms with Crippen molar-refractivity contribution in [1.29, 1.82) is 0 Å². The van der Waals surface area contributed by atoms with E-state index in [2.05, 4.69) is 0 Å². The maximum Gasteiger partial charge on any atom is 0.270 e. The number of halogens is 2. The molecular formula is C14H11F2NO4. The van der Waals surface area contributed by atoms with Crippen molar-refractivity contribution in [2.24, 2.45) is 0 Å². The van der Waals surface area contributed by atoms with Crippen LogP contribution in [0.1, 0.15) is 11.1 Å². The lowest BCUT2D eigenvalue weighted by atomic mass is 10.2. The molecule has 2 aromatic rings. The lowest BCUT2D eigenvalue weighted by molar-refractivity contribution is -0.385. The Labute approximate surface area is 118 Å². The van der Waals surface area contributed by atoms with Crippen LogP contribution in [0.5, 0.6) is 5.75 Å². The monoisotopic (exact) mass is 295 g/mol. The summed E-state index contributed by atoms with van der Waals surface area (Å²) in [5, 5.41) is 19.8. The van der Waals surface area contributed by atoms with Gasteiger partial charge >= 0.3 is 0 Å². The summed E-state index contributed by atoms with van der Waals surface area (Å²) in [7, 11) is 0. The molecule has 0 fully saturated rings. The van der Waals surface area contributed by atoms with Gasteiger partial charge in [-0.05, 0) is 18.2 Å². The van der Waals surface area contributed by atoms with E-state index in [1.807, 2.05) is 0 Å². The average Bonchev–Trinajstić information content (AvgIpc) is 2.46. The third-order valence-corrected chi connectivity index (χ3v) is 2.86. The van der Waals surface area contributed by atoms with Crippen LogP contribution in [0.2, 0.25) is 0 Å². The summed E-state index contributed by atoms with van der Waals surface area (Å²) in [5.74, 6) is -1.37. The molecule has 2 aromatic carbocycles. The van der Waals surface area contributed by atoms with Gasteiger partial charge in [0.2, 0.25) is 0 Å². The molecule has 0 radical (unpaired) electrons. The van der Waals surface area contributed by atoms with Gasteiger partial charge in [0.15, 0.2) is 0 Å². The predicted octanol–water partition coefficient (Wildman–Crippen LogP) is 2.94. The molecule has 0 spiro atoms. The topological polar surface area (TPSA) is 72.6 Å². The number of aliphatic hydroxyl groups is 1. The Hall–Kier alpha value is -2.54. The maximum absolute atomic E-state index is 13.4. The first kappa shape index (κ1) is 14.9. The van der Waals surface area contributed by atoms with Gasteiger partial charge in [0, 0.05) is 17.7 Å². The maximum atomic E-state index is 13.4. The number of hydrogen-bond acceptors (Lipinski definition) is 4. The average molecular weight is 295 g/mol. The highest BCUT2D eigenvalue weighted by atomic mass is 19.1. The van der Waals surface area contributed by atoms with Gasteiger partial charge in [-0.3, -0.25) is 10.1 Å². The molecule has 0 aromatic heterocycles. The molecule has 0 bridgehead atoms. The van der Waals surface area contributed by atoms with Crippen LogP contribution in [-0.2, 0) is 13.2 Å². The zero-order valence-corrected chi connectivity index (χ0v) is 10.8. The van der Waals surface area contributed by atoms with Crippen LogP contribution < -0.4 is 4.74 Å². The Morgan fingerprint density at radius 1 is 1.19 bits per heavy atom. The number of hydrogen-bond donors (Lipinski definition) is 1. The Morgan fingerprint density at radius 3 is 2.43 bits per heavy atom. The van der Waals surface area contributed by atoms with Crippen LogP contribution in [0.15, 0.2) is 36.4 Å². The van der Waals surface area contributed by atoms with Crippen LogP contribution in [-0.4, -0.2) is 10.0 Å². The van der Waals surface area contributed by atoms with E-state index in [9.17, 15) is 24.0 Å². The highest BCUT2D eigenvalue weighted by molar-refractivity contribution is 5.43. The summed E-state index contributed by atoms with van der Waals surface area (Å²) in [6.45, 7) is -0.875. The second-order valence-electron chi connectivity index (χ2n) is 4.20. The van der Waals surface area contributed by atoms with E-state index in [0.29, 0.717) is 0 Å². The third kappa shape index (κ3) is 3.32. The first-order valence-corrected chi connectivity index (χ1v) is 5.96. The number of nitrogens with zero attached hydrogens (tertiary/aromatic N) is 1. The molecule has 0 saturated carbocycles. The lowest BCUT2D eigenvalue weighted by Crippen LogP contribution is -2.04. The quantitative estimate of drug-likeness (QED) is 0.680. The van der Waals surface area contributed by atoms with Crippen molar-refractivity contribution >= 4 is 5.69 Å². The fourth-order valence-corrected chi connectivity index (χ4v) is 1.76. The van der Waals surface area contributed by atoms with Crippen molar-refractivity contribution in [2.45, 2.75) is 13.2 Å². The summed E-state index contributed by atoms with van der Waals surface area (Å²) >= 11 is 0. The van der Waals surface area contributed by atoms with E-state index in [0.717, 1.165) is 18.2 Å². The first-order chi connectivity index (χ1) is 10.0. The van der Waals surface area contributed by atoms with E-state index in [4.69, 9.17) is 4.74 Å². The van der Waals surface area contributed by atoms with Gasteiger partial charge in [0.05, 0.1) is 17.1 Å². The fraction of sp³-hybridized carbons (Fsp3) is 0.143. The Bertz CT molecular complexity index is 656. The Morgan fingerprint density at radius 2 is 1.86 bits per heavy atom. The van der Waals surface area contributed by atoms with Crippen LogP contribution >= 0.6 is 0 Å². The molecule has 0 aliphatic heterocycles. The number of aliphatic hydroxyl groups excluding tert-OH is 1. The van der Waals surface area contributed by atoms with E-state index in [-0.39, 0.29) is 29.2 Å². The molecule has 21 heavy (non-hydrogen) atoms. The second kappa shape index (κ2) is 6.27. The lowest BCUT2D eigenvalue weighted by Gasteiger charge is -2.11. The van der Waals surface area contributed by atoms with Gasteiger partial charge in [0.1, 0.15) is 24.0 Å². The number of ether oxygens (including phenoxy) is 1. The molecule has 5 nitrogen and oxygen atoms in total. The number of non-ortho nitro benzene ring substituents is 1. The van der Waals surface area contributed by atoms with Crippen LogP contribution in [0.25, 0.3) is 0 Å². The minimum absolute atomic E-state index is 0.130. The fourth-order valence-electron chi connectivity index (χ4n) is 1.76. The largest absolute Gasteiger partial charge is 0.488 e. The third-order valence-electron chi connectivity index (χ3n) is 2.86. The van der Waals surface area contributed by atoms with E-state index in [1.54, 1.807) is 0 Å². The van der Waals surface area contributed by atoms with Gasteiger partial charge in [-0.25, -0.2) is 8.78 Å². The zero-order chi connectivity index (χ0) is 15.4. The van der Waals surface area contributed by atoms with E-state index >= 15 is 0 Å². The highest BCUT2D eigenvalue weighted by Crippen LogP contribution is 2.25. The van der Waals surface area contributed by atoms with Crippen molar-refractivity contribution < 1.29 is 23.5 Å². The molecule has 0 unspecified atom stereocenters. The Kier molecular flexibility index (Phi) is 4.44. The molecule has 1 N–H and O–H groups in total. The van der Waals surface area contributed by atoms with Gasteiger partial charge in [-0.1, -0.05) is 6.07 Å². The summed E-state index contributed by atoms with van der Waals surface area (Å²) in [5.41, 5.74) is -0.288. The first-order valence-electron chi connectivity index (χ1n) is 5.96. The Balaban J connectivity index is 2.22. The summed E-state index contributed by atoms with van der Waals surface area (Å²) in [6, 6.07) is 7.05. The molecule has 0 heterocycles. The normalized spacial score (nSPS) is 10.4. The molecule has 0 atom stereocenters. The van der Waals surface area contributed by atoms with Crippen LogP contribution in [0.4, 0.5) is 14.5 Å². The van der Waals surface area contributed by atoms with Gasteiger partial charge in [0.25, 0.3) is 5.69 Å². The predicted molar refractivity (Wildman–Crippen MR) is 69.7 cm³/mol. The van der Waals surface area contributed by atoms with Gasteiger partial charge in [-0.2, -0.15) is 0 Å². The molecule has 0 aliphatic rings. The van der Waals surface area contributed by atoms with E-state index < -0.39 is 23.2 Å². The molecule has 0 saturated heterocycles. The summed E-state index contributed by atoms with van der Waals surface area (Å²) in [6.07, 6.45) is 0. The summed E-state index contributed by atoms with van der Waals surface area (Å²) < 4.78 is 32.1.